The van der Waals surface area contributed by atoms with Crippen LogP contribution in [-0.2, 0) is 23.7 Å². The maximum absolute atomic E-state index is 8.41. The van der Waals surface area contributed by atoms with Gasteiger partial charge in [0.1, 0.15) is 0 Å². The van der Waals surface area contributed by atoms with E-state index in [2.05, 4.69) is 12.1 Å². The molecule has 7 nitrogen and oxygen atoms in total. The molecule has 0 radical (unpaired) electrons. The monoisotopic (exact) mass is 384 g/mol. The van der Waals surface area contributed by atoms with Crippen LogP contribution in [0.3, 0.4) is 0 Å². The second-order valence-electron chi connectivity index (χ2n) is 6.00. The number of nitrogens with zero attached hydrogens (tertiary/aromatic N) is 2. The largest absolute Gasteiger partial charge is 0.379 e. The van der Waals surface area contributed by atoms with Crippen molar-refractivity contribution in [1.82, 2.24) is 0 Å². The van der Waals surface area contributed by atoms with Crippen LogP contribution in [0.5, 0.6) is 0 Å². The molecule has 0 spiro atoms. The summed E-state index contributed by atoms with van der Waals surface area (Å²) in [5, 5.41) is 16.8. The summed E-state index contributed by atoms with van der Waals surface area (Å²) in [4.78, 5) is 0. The third-order valence-corrected chi connectivity index (χ3v) is 3.64. The lowest BCUT2D eigenvalue weighted by molar-refractivity contribution is -0.0114. The van der Waals surface area contributed by atoms with E-state index in [9.17, 15) is 0 Å². The molecule has 0 saturated carbocycles. The average molecular weight is 385 g/mol. The summed E-state index contributed by atoms with van der Waals surface area (Å²) in [6.07, 6.45) is 7.25. The van der Waals surface area contributed by atoms with Crippen LogP contribution >= 0.6 is 0 Å². The Morgan fingerprint density at radius 2 is 0.667 bits per heavy atom. The number of nitriles is 2. The van der Waals surface area contributed by atoms with Gasteiger partial charge in [-0.1, -0.05) is 12.8 Å². The van der Waals surface area contributed by atoms with E-state index in [-0.39, 0.29) is 0 Å². The Labute approximate surface area is 164 Å². The van der Waals surface area contributed by atoms with E-state index < -0.39 is 0 Å². The van der Waals surface area contributed by atoms with Gasteiger partial charge >= 0.3 is 0 Å². The zero-order chi connectivity index (χ0) is 19.7. The molecule has 0 fully saturated rings. The van der Waals surface area contributed by atoms with Crippen molar-refractivity contribution in [1.29, 1.82) is 10.5 Å². The van der Waals surface area contributed by atoms with Crippen LogP contribution in [0.25, 0.3) is 0 Å². The Morgan fingerprint density at radius 1 is 0.370 bits per heavy atom. The topological polar surface area (TPSA) is 93.7 Å². The number of unbranched alkanes of at least 4 members (excludes halogenated alkanes) is 6. The van der Waals surface area contributed by atoms with Crippen LogP contribution in [0.1, 0.15) is 51.4 Å². The fourth-order valence-corrected chi connectivity index (χ4v) is 2.15. The minimum atomic E-state index is 0.552. The molecule has 0 aliphatic rings. The molecule has 0 bridgehead atoms. The van der Waals surface area contributed by atoms with Gasteiger partial charge in [-0.25, -0.2) is 0 Å². The molecule has 0 unspecified atom stereocenters. The average Bonchev–Trinajstić information content (AvgIpc) is 2.68. The first-order valence-corrected chi connectivity index (χ1v) is 10.0. The maximum Gasteiger partial charge on any atom is 0.0701 e. The van der Waals surface area contributed by atoms with Crippen LogP contribution in [0.4, 0.5) is 0 Å². The van der Waals surface area contributed by atoms with Crippen molar-refractivity contribution in [2.24, 2.45) is 0 Å². The van der Waals surface area contributed by atoms with Crippen molar-refractivity contribution in [2.75, 3.05) is 66.1 Å². The van der Waals surface area contributed by atoms with Gasteiger partial charge < -0.3 is 23.7 Å². The molecule has 0 aromatic carbocycles. The summed E-state index contributed by atoms with van der Waals surface area (Å²) in [5.74, 6) is 0. The summed E-state index contributed by atoms with van der Waals surface area (Å²) >= 11 is 0. The molecule has 0 saturated heterocycles. The smallest absolute Gasteiger partial charge is 0.0701 e. The predicted molar refractivity (Wildman–Crippen MR) is 102 cm³/mol. The molecule has 0 aromatic rings. The number of rotatable bonds is 22. The number of hydrogen-bond donors (Lipinski definition) is 0. The van der Waals surface area contributed by atoms with E-state index in [4.69, 9.17) is 34.2 Å². The molecule has 0 aliphatic carbocycles. The van der Waals surface area contributed by atoms with Crippen LogP contribution in [-0.4, -0.2) is 66.1 Å². The Bertz CT molecular complexity index is 334. The summed E-state index contributed by atoms with van der Waals surface area (Å²) in [6, 6.07) is 4.28. The molecule has 0 aliphatic heterocycles. The molecule has 0 N–H and O–H groups in total. The highest BCUT2D eigenvalue weighted by atomic mass is 16.6. The first-order valence-electron chi connectivity index (χ1n) is 10.0. The molecule has 0 rings (SSSR count). The van der Waals surface area contributed by atoms with Gasteiger partial charge in [-0.3, -0.25) is 0 Å². The van der Waals surface area contributed by atoms with E-state index >= 15 is 0 Å². The van der Waals surface area contributed by atoms with Gasteiger partial charge in [-0.15, -0.1) is 0 Å². The van der Waals surface area contributed by atoms with Crippen molar-refractivity contribution >= 4 is 0 Å². The molecular formula is C20H36N2O5. The van der Waals surface area contributed by atoms with Crippen LogP contribution in [0.15, 0.2) is 0 Å². The fourth-order valence-electron chi connectivity index (χ4n) is 2.15. The normalized spacial score (nSPS) is 10.6. The van der Waals surface area contributed by atoms with Crippen LogP contribution < -0.4 is 0 Å². The Kier molecular flexibility index (Phi) is 23.7. The number of hydrogen-bond acceptors (Lipinski definition) is 7. The van der Waals surface area contributed by atoms with Crippen LogP contribution in [0.2, 0.25) is 0 Å². The third-order valence-electron chi connectivity index (χ3n) is 3.64. The van der Waals surface area contributed by atoms with E-state index in [1.165, 1.54) is 0 Å². The predicted octanol–water partition coefficient (Wildman–Crippen LogP) is 3.24. The van der Waals surface area contributed by atoms with Crippen molar-refractivity contribution < 1.29 is 23.7 Å². The standard InChI is InChI=1S/C20H36N2O5/c21-9-5-1-3-7-11-23-13-15-25-17-19-27-20-18-26-16-14-24-12-8-4-2-6-10-22/h1-8,11-20H2. The second-order valence-corrected chi connectivity index (χ2v) is 6.00. The van der Waals surface area contributed by atoms with Gasteiger partial charge in [-0.05, 0) is 25.7 Å². The molecule has 156 valence electrons. The Hall–Kier alpha value is -1.22. The van der Waals surface area contributed by atoms with Crippen molar-refractivity contribution in [3.05, 3.63) is 0 Å². The zero-order valence-electron chi connectivity index (χ0n) is 16.7. The van der Waals surface area contributed by atoms with E-state index in [1.807, 2.05) is 0 Å². The molecule has 0 heterocycles. The molecular weight excluding hydrogens is 348 g/mol. The van der Waals surface area contributed by atoms with Crippen LogP contribution in [0, 0.1) is 22.7 Å². The Morgan fingerprint density at radius 3 is 0.963 bits per heavy atom. The minimum absolute atomic E-state index is 0.552. The number of ether oxygens (including phenoxy) is 5. The quantitative estimate of drug-likeness (QED) is 0.264. The van der Waals surface area contributed by atoms with Gasteiger partial charge in [0.2, 0.25) is 0 Å². The highest BCUT2D eigenvalue weighted by Gasteiger charge is 1.94. The van der Waals surface area contributed by atoms with Crippen molar-refractivity contribution in [2.45, 2.75) is 51.4 Å². The van der Waals surface area contributed by atoms with Gasteiger partial charge in [0.25, 0.3) is 0 Å². The highest BCUT2D eigenvalue weighted by molar-refractivity contribution is 4.68. The molecule has 27 heavy (non-hydrogen) atoms. The zero-order valence-corrected chi connectivity index (χ0v) is 16.7. The van der Waals surface area contributed by atoms with E-state index in [0.717, 1.165) is 51.7 Å². The van der Waals surface area contributed by atoms with Gasteiger partial charge in [0.15, 0.2) is 0 Å². The highest BCUT2D eigenvalue weighted by Crippen LogP contribution is 1.99. The summed E-state index contributed by atoms with van der Waals surface area (Å²) in [5.41, 5.74) is 0. The summed E-state index contributed by atoms with van der Waals surface area (Å²) < 4.78 is 27.1. The fraction of sp³-hybridized carbons (Fsp3) is 0.900. The van der Waals surface area contributed by atoms with Gasteiger partial charge in [-0.2, -0.15) is 10.5 Å². The Balaban J connectivity index is 2.98. The SMILES string of the molecule is N#CCCCCCOCCOCCOCCOCCOCCCCCC#N. The minimum Gasteiger partial charge on any atom is -0.379 e. The molecule has 0 amide bonds. The first-order chi connectivity index (χ1) is 13.4. The lowest BCUT2D eigenvalue weighted by Gasteiger charge is -2.08. The summed E-state index contributed by atoms with van der Waals surface area (Å²) in [7, 11) is 0. The van der Waals surface area contributed by atoms with Crippen molar-refractivity contribution in [3.63, 3.8) is 0 Å². The van der Waals surface area contributed by atoms with Gasteiger partial charge in [0.05, 0.1) is 65.0 Å². The molecule has 0 atom stereocenters. The third kappa shape index (κ3) is 24.8. The summed E-state index contributed by atoms with van der Waals surface area (Å²) in [6.45, 7) is 6.02. The van der Waals surface area contributed by atoms with E-state index in [1.54, 1.807) is 0 Å². The molecule has 0 aromatic heterocycles. The lowest BCUT2D eigenvalue weighted by atomic mass is 10.2. The lowest BCUT2D eigenvalue weighted by Crippen LogP contribution is -2.13. The van der Waals surface area contributed by atoms with E-state index in [0.29, 0.717) is 65.7 Å². The maximum atomic E-state index is 8.41. The van der Waals surface area contributed by atoms with Crippen molar-refractivity contribution in [3.8, 4) is 12.1 Å². The first kappa shape index (κ1) is 25.8. The van der Waals surface area contributed by atoms with Gasteiger partial charge in [0, 0.05) is 26.1 Å². The second kappa shape index (κ2) is 24.8. The molecule has 7 heteroatoms.